The average molecular weight is 317 g/mol. The number of benzene rings is 2. The van der Waals surface area contributed by atoms with Crippen LogP contribution in [0.5, 0.6) is 5.75 Å². The van der Waals surface area contributed by atoms with E-state index in [1.165, 1.54) is 11.3 Å². The van der Waals surface area contributed by atoms with Gasteiger partial charge in [-0.3, -0.25) is 0 Å². The van der Waals surface area contributed by atoms with Gasteiger partial charge in [-0.05, 0) is 42.8 Å². The molecule has 1 aromatic heterocycles. The summed E-state index contributed by atoms with van der Waals surface area (Å²) in [7, 11) is 0. The zero-order valence-corrected chi connectivity index (χ0v) is 12.9. The Morgan fingerprint density at radius 2 is 1.90 bits per heavy atom. The van der Waals surface area contributed by atoms with Crippen LogP contribution in [0.1, 0.15) is 5.56 Å². The van der Waals surface area contributed by atoms with Gasteiger partial charge < -0.3 is 10.4 Å². The van der Waals surface area contributed by atoms with E-state index in [0.29, 0.717) is 5.02 Å². The van der Waals surface area contributed by atoms with Gasteiger partial charge in [-0.1, -0.05) is 23.7 Å². The van der Waals surface area contributed by atoms with Crippen LogP contribution in [0.25, 0.3) is 11.3 Å². The van der Waals surface area contributed by atoms with Gasteiger partial charge in [-0.2, -0.15) is 0 Å². The summed E-state index contributed by atoms with van der Waals surface area (Å²) in [6, 6.07) is 12.8. The molecular formula is C16H13ClN2OS. The maximum Gasteiger partial charge on any atom is 0.187 e. The maximum atomic E-state index is 9.43. The first-order chi connectivity index (χ1) is 10.1. The molecule has 5 heteroatoms. The fourth-order valence-electron chi connectivity index (χ4n) is 1.99. The van der Waals surface area contributed by atoms with Crippen molar-refractivity contribution in [2.45, 2.75) is 6.92 Å². The molecule has 3 aromatic rings. The van der Waals surface area contributed by atoms with Crippen molar-refractivity contribution < 1.29 is 5.11 Å². The predicted molar refractivity (Wildman–Crippen MR) is 88.7 cm³/mol. The summed E-state index contributed by atoms with van der Waals surface area (Å²) < 4.78 is 0. The number of nitrogens with zero attached hydrogens (tertiary/aromatic N) is 1. The van der Waals surface area contributed by atoms with Crippen molar-refractivity contribution in [3.8, 4) is 17.0 Å². The van der Waals surface area contributed by atoms with Crippen molar-refractivity contribution in [2.75, 3.05) is 5.32 Å². The Morgan fingerprint density at radius 3 is 2.62 bits per heavy atom. The Bertz CT molecular complexity index is 768. The van der Waals surface area contributed by atoms with Crippen molar-refractivity contribution in [1.82, 2.24) is 4.98 Å². The summed E-state index contributed by atoms with van der Waals surface area (Å²) in [5.74, 6) is 0.263. The number of anilines is 2. The van der Waals surface area contributed by atoms with Gasteiger partial charge in [-0.25, -0.2) is 4.98 Å². The normalized spacial score (nSPS) is 10.6. The number of aromatic nitrogens is 1. The van der Waals surface area contributed by atoms with E-state index >= 15 is 0 Å². The highest BCUT2D eigenvalue weighted by molar-refractivity contribution is 7.14. The number of aromatic hydroxyl groups is 1. The molecule has 0 aliphatic heterocycles. The number of hydrogen-bond acceptors (Lipinski definition) is 4. The molecule has 0 saturated carbocycles. The lowest BCUT2D eigenvalue weighted by Crippen LogP contribution is -1.92. The zero-order chi connectivity index (χ0) is 14.8. The summed E-state index contributed by atoms with van der Waals surface area (Å²) in [5, 5.41) is 16.2. The number of thiazole rings is 1. The molecule has 0 aliphatic carbocycles. The molecular weight excluding hydrogens is 304 g/mol. The van der Waals surface area contributed by atoms with Crippen LogP contribution in [0.4, 0.5) is 10.8 Å². The van der Waals surface area contributed by atoms with Crippen molar-refractivity contribution in [1.29, 1.82) is 0 Å². The van der Waals surface area contributed by atoms with Gasteiger partial charge in [0.05, 0.1) is 5.69 Å². The smallest absolute Gasteiger partial charge is 0.187 e. The lowest BCUT2D eigenvalue weighted by Gasteiger charge is -2.06. The molecule has 106 valence electrons. The Hall–Kier alpha value is -2.04. The third kappa shape index (κ3) is 3.17. The van der Waals surface area contributed by atoms with Crippen LogP contribution >= 0.6 is 22.9 Å². The quantitative estimate of drug-likeness (QED) is 0.651. The summed E-state index contributed by atoms with van der Waals surface area (Å²) >= 11 is 7.43. The van der Waals surface area contributed by atoms with E-state index in [1.807, 2.05) is 42.6 Å². The predicted octanol–water partition coefficient (Wildman–Crippen LogP) is 5.22. The molecule has 2 N–H and O–H groups in total. The molecule has 0 aliphatic rings. The van der Waals surface area contributed by atoms with E-state index in [0.717, 1.165) is 27.6 Å². The van der Waals surface area contributed by atoms with Gasteiger partial charge in [0.2, 0.25) is 0 Å². The number of phenolic OH excluding ortho intramolecular Hbond substituents is 1. The fraction of sp³-hybridized carbons (Fsp3) is 0.0625. The third-order valence-electron chi connectivity index (χ3n) is 3.10. The topological polar surface area (TPSA) is 45.1 Å². The first kappa shape index (κ1) is 13.9. The minimum atomic E-state index is 0.263. The molecule has 0 unspecified atom stereocenters. The summed E-state index contributed by atoms with van der Waals surface area (Å²) in [6.45, 7) is 1.94. The molecule has 0 fully saturated rings. The average Bonchev–Trinajstić information content (AvgIpc) is 2.91. The third-order valence-corrected chi connectivity index (χ3v) is 4.11. The van der Waals surface area contributed by atoms with Crippen molar-refractivity contribution in [3.63, 3.8) is 0 Å². The van der Waals surface area contributed by atoms with E-state index in [-0.39, 0.29) is 5.75 Å². The Morgan fingerprint density at radius 1 is 1.14 bits per heavy atom. The second-order valence-corrected chi connectivity index (χ2v) is 5.96. The van der Waals surface area contributed by atoms with Gasteiger partial charge in [0.15, 0.2) is 5.13 Å². The Labute approximate surface area is 131 Å². The van der Waals surface area contributed by atoms with E-state index < -0.39 is 0 Å². The molecule has 3 nitrogen and oxygen atoms in total. The molecule has 3 rings (SSSR count). The Balaban J connectivity index is 1.83. The minimum Gasteiger partial charge on any atom is -0.508 e. The van der Waals surface area contributed by atoms with Crippen LogP contribution in [0.15, 0.2) is 47.8 Å². The van der Waals surface area contributed by atoms with Crippen LogP contribution in [-0.2, 0) is 0 Å². The SMILES string of the molecule is Cc1cc(O)ccc1Nc1nc(-c2ccc(Cl)cc2)cs1. The van der Waals surface area contributed by atoms with Crippen LogP contribution in [0, 0.1) is 6.92 Å². The van der Waals surface area contributed by atoms with Gasteiger partial charge >= 0.3 is 0 Å². The van der Waals surface area contributed by atoms with Crippen LogP contribution in [0.2, 0.25) is 5.02 Å². The van der Waals surface area contributed by atoms with Gasteiger partial charge in [-0.15, -0.1) is 11.3 Å². The van der Waals surface area contributed by atoms with E-state index in [9.17, 15) is 5.11 Å². The molecule has 0 saturated heterocycles. The van der Waals surface area contributed by atoms with Crippen LogP contribution in [-0.4, -0.2) is 10.1 Å². The summed E-state index contributed by atoms with van der Waals surface area (Å²) in [4.78, 5) is 4.57. The summed E-state index contributed by atoms with van der Waals surface area (Å²) in [5.41, 5.74) is 3.85. The zero-order valence-electron chi connectivity index (χ0n) is 11.3. The molecule has 0 amide bonds. The number of aryl methyl sites for hydroxylation is 1. The van der Waals surface area contributed by atoms with E-state index in [4.69, 9.17) is 11.6 Å². The molecule has 1 heterocycles. The van der Waals surface area contributed by atoms with E-state index in [1.54, 1.807) is 12.1 Å². The van der Waals surface area contributed by atoms with Crippen LogP contribution in [0.3, 0.4) is 0 Å². The molecule has 2 aromatic carbocycles. The number of rotatable bonds is 3. The standard InChI is InChI=1S/C16H13ClN2OS/c1-10-8-13(20)6-7-14(10)18-16-19-15(9-21-16)11-2-4-12(17)5-3-11/h2-9,20H,1H3,(H,18,19). The molecule has 21 heavy (non-hydrogen) atoms. The monoisotopic (exact) mass is 316 g/mol. The number of nitrogens with one attached hydrogen (secondary N) is 1. The van der Waals surface area contributed by atoms with E-state index in [2.05, 4.69) is 10.3 Å². The van der Waals surface area contributed by atoms with Crippen molar-refractivity contribution in [2.24, 2.45) is 0 Å². The minimum absolute atomic E-state index is 0.263. The van der Waals surface area contributed by atoms with Gasteiger partial charge in [0, 0.05) is 21.7 Å². The van der Waals surface area contributed by atoms with Crippen molar-refractivity contribution in [3.05, 3.63) is 58.4 Å². The summed E-state index contributed by atoms with van der Waals surface area (Å²) in [6.07, 6.45) is 0. The second kappa shape index (κ2) is 5.76. The molecule has 0 bridgehead atoms. The highest BCUT2D eigenvalue weighted by atomic mass is 35.5. The number of hydrogen-bond donors (Lipinski definition) is 2. The van der Waals surface area contributed by atoms with Gasteiger partial charge in [0.1, 0.15) is 5.75 Å². The highest BCUT2D eigenvalue weighted by Gasteiger charge is 2.06. The highest BCUT2D eigenvalue weighted by Crippen LogP contribution is 2.29. The lowest BCUT2D eigenvalue weighted by molar-refractivity contribution is 0.475. The second-order valence-electron chi connectivity index (χ2n) is 4.67. The number of phenols is 1. The lowest BCUT2D eigenvalue weighted by atomic mass is 10.2. The first-order valence-corrected chi connectivity index (χ1v) is 7.66. The van der Waals surface area contributed by atoms with Gasteiger partial charge in [0.25, 0.3) is 0 Å². The van der Waals surface area contributed by atoms with Crippen LogP contribution < -0.4 is 5.32 Å². The Kier molecular flexibility index (Phi) is 3.82. The first-order valence-electron chi connectivity index (χ1n) is 6.40. The van der Waals surface area contributed by atoms with Crippen molar-refractivity contribution >= 4 is 33.8 Å². The fourth-order valence-corrected chi connectivity index (χ4v) is 2.85. The molecule has 0 radical (unpaired) electrons. The largest absolute Gasteiger partial charge is 0.508 e. The molecule has 0 spiro atoms. The number of halogens is 1. The maximum absolute atomic E-state index is 9.43. The molecule has 0 atom stereocenters.